The van der Waals surface area contributed by atoms with Crippen LogP contribution in [0.2, 0.25) is 0 Å². The first-order valence-electron chi connectivity index (χ1n) is 5.42. The first-order chi connectivity index (χ1) is 8.13. The second-order valence-electron chi connectivity index (χ2n) is 3.80. The zero-order chi connectivity index (χ0) is 12.4. The van der Waals surface area contributed by atoms with E-state index in [1.807, 2.05) is 6.92 Å². The fraction of sp³-hybridized carbons (Fsp3) is 0.364. The van der Waals surface area contributed by atoms with Gasteiger partial charge in [0, 0.05) is 26.0 Å². The zero-order valence-electron chi connectivity index (χ0n) is 9.79. The van der Waals surface area contributed by atoms with Gasteiger partial charge in [0.1, 0.15) is 11.3 Å². The molecule has 0 saturated heterocycles. The first-order valence-corrected chi connectivity index (χ1v) is 5.42. The molecule has 0 spiro atoms. The van der Waals surface area contributed by atoms with E-state index in [1.54, 1.807) is 34.9 Å². The van der Waals surface area contributed by atoms with Crippen molar-refractivity contribution in [3.05, 3.63) is 24.0 Å². The number of aromatic carboxylic acids is 1. The van der Waals surface area contributed by atoms with Crippen LogP contribution in [0.5, 0.6) is 0 Å². The summed E-state index contributed by atoms with van der Waals surface area (Å²) < 4.78 is 3.27. The summed E-state index contributed by atoms with van der Waals surface area (Å²) in [5.74, 6) is -0.969. The summed E-state index contributed by atoms with van der Waals surface area (Å²) >= 11 is 0. The SMILES string of the molecule is CCCn1cc(C(=O)O)c(-c2ccnn2C)n1. The predicted molar refractivity (Wildman–Crippen MR) is 61.7 cm³/mol. The monoisotopic (exact) mass is 234 g/mol. The van der Waals surface area contributed by atoms with E-state index in [1.165, 1.54) is 0 Å². The van der Waals surface area contributed by atoms with Crippen LogP contribution in [0.3, 0.4) is 0 Å². The first kappa shape index (κ1) is 11.4. The molecule has 0 radical (unpaired) electrons. The highest BCUT2D eigenvalue weighted by molar-refractivity contribution is 5.94. The van der Waals surface area contributed by atoms with Crippen molar-refractivity contribution in [3.63, 3.8) is 0 Å². The Bertz CT molecular complexity index is 541. The summed E-state index contributed by atoms with van der Waals surface area (Å²) in [6.07, 6.45) is 4.10. The molecule has 2 aromatic heterocycles. The van der Waals surface area contributed by atoms with Gasteiger partial charge in [-0.2, -0.15) is 10.2 Å². The maximum absolute atomic E-state index is 11.2. The lowest BCUT2D eigenvalue weighted by Crippen LogP contribution is -2.00. The van der Waals surface area contributed by atoms with Gasteiger partial charge in [-0.3, -0.25) is 9.36 Å². The Morgan fingerprint density at radius 2 is 2.29 bits per heavy atom. The largest absolute Gasteiger partial charge is 0.478 e. The number of hydrogen-bond acceptors (Lipinski definition) is 3. The van der Waals surface area contributed by atoms with Crippen molar-refractivity contribution in [2.75, 3.05) is 0 Å². The molecule has 1 N–H and O–H groups in total. The third-order valence-electron chi connectivity index (χ3n) is 2.51. The lowest BCUT2D eigenvalue weighted by atomic mass is 10.2. The number of carboxylic acid groups (broad SMARTS) is 1. The van der Waals surface area contributed by atoms with Crippen LogP contribution in [0.4, 0.5) is 0 Å². The van der Waals surface area contributed by atoms with Crippen LogP contribution in [0.1, 0.15) is 23.7 Å². The highest BCUT2D eigenvalue weighted by atomic mass is 16.4. The third-order valence-corrected chi connectivity index (χ3v) is 2.51. The molecule has 2 heterocycles. The molecule has 0 saturated carbocycles. The highest BCUT2D eigenvalue weighted by Gasteiger charge is 2.18. The van der Waals surface area contributed by atoms with Gasteiger partial charge in [-0.05, 0) is 12.5 Å². The quantitative estimate of drug-likeness (QED) is 0.867. The summed E-state index contributed by atoms with van der Waals surface area (Å²) in [5, 5.41) is 17.5. The Morgan fingerprint density at radius 1 is 1.53 bits per heavy atom. The Hall–Kier alpha value is -2.11. The van der Waals surface area contributed by atoms with Crippen LogP contribution < -0.4 is 0 Å². The zero-order valence-corrected chi connectivity index (χ0v) is 9.79. The molecule has 0 aliphatic carbocycles. The van der Waals surface area contributed by atoms with Crippen molar-refractivity contribution in [1.82, 2.24) is 19.6 Å². The van der Waals surface area contributed by atoms with Gasteiger partial charge in [0.2, 0.25) is 0 Å². The molecule has 6 heteroatoms. The standard InChI is InChI=1S/C11H14N4O2/c1-3-6-15-7-8(11(16)17)10(13-15)9-4-5-12-14(9)2/h4-5,7H,3,6H2,1-2H3,(H,16,17). The molecular formula is C11H14N4O2. The average Bonchev–Trinajstić information content (AvgIpc) is 2.84. The Kier molecular flexibility index (Phi) is 2.95. The van der Waals surface area contributed by atoms with Gasteiger partial charge in [-0.25, -0.2) is 4.79 Å². The van der Waals surface area contributed by atoms with Gasteiger partial charge in [0.05, 0.1) is 5.69 Å². The van der Waals surface area contributed by atoms with Gasteiger partial charge in [0.25, 0.3) is 0 Å². The molecule has 0 aliphatic heterocycles. The molecule has 0 aliphatic rings. The number of carbonyl (C=O) groups is 1. The Morgan fingerprint density at radius 3 is 2.82 bits per heavy atom. The maximum atomic E-state index is 11.2. The van der Waals surface area contributed by atoms with E-state index in [-0.39, 0.29) is 5.56 Å². The van der Waals surface area contributed by atoms with Crippen molar-refractivity contribution in [2.24, 2.45) is 7.05 Å². The molecule has 0 aromatic carbocycles. The second-order valence-corrected chi connectivity index (χ2v) is 3.80. The molecule has 0 unspecified atom stereocenters. The Balaban J connectivity index is 2.52. The molecule has 6 nitrogen and oxygen atoms in total. The van der Waals surface area contributed by atoms with E-state index in [0.29, 0.717) is 17.9 Å². The van der Waals surface area contributed by atoms with Crippen molar-refractivity contribution in [2.45, 2.75) is 19.9 Å². The third kappa shape index (κ3) is 2.06. The molecule has 0 bridgehead atoms. The molecule has 90 valence electrons. The summed E-state index contributed by atoms with van der Waals surface area (Å²) in [5.41, 5.74) is 1.38. The molecule has 0 atom stereocenters. The summed E-state index contributed by atoms with van der Waals surface area (Å²) in [7, 11) is 1.76. The van der Waals surface area contributed by atoms with Crippen molar-refractivity contribution in [1.29, 1.82) is 0 Å². The molecule has 0 amide bonds. The summed E-state index contributed by atoms with van der Waals surface area (Å²) in [6, 6.07) is 1.76. The van der Waals surface area contributed by atoms with Gasteiger partial charge in [-0.1, -0.05) is 6.92 Å². The van der Waals surface area contributed by atoms with E-state index in [2.05, 4.69) is 10.2 Å². The van der Waals surface area contributed by atoms with E-state index >= 15 is 0 Å². The predicted octanol–water partition coefficient (Wildman–Crippen LogP) is 1.39. The maximum Gasteiger partial charge on any atom is 0.339 e. The number of rotatable bonds is 4. The van der Waals surface area contributed by atoms with E-state index in [4.69, 9.17) is 5.11 Å². The van der Waals surface area contributed by atoms with Crippen molar-refractivity contribution < 1.29 is 9.90 Å². The molecular weight excluding hydrogens is 220 g/mol. The fourth-order valence-corrected chi connectivity index (χ4v) is 1.72. The smallest absolute Gasteiger partial charge is 0.339 e. The molecule has 2 rings (SSSR count). The molecule has 17 heavy (non-hydrogen) atoms. The van der Waals surface area contributed by atoms with Gasteiger partial charge < -0.3 is 5.11 Å². The number of aryl methyl sites for hydroxylation is 2. The molecule has 0 fully saturated rings. The van der Waals surface area contributed by atoms with E-state index in [0.717, 1.165) is 6.42 Å². The summed E-state index contributed by atoms with van der Waals surface area (Å²) in [4.78, 5) is 11.2. The number of hydrogen-bond donors (Lipinski definition) is 1. The van der Waals surface area contributed by atoms with Crippen LogP contribution >= 0.6 is 0 Å². The number of nitrogens with zero attached hydrogens (tertiary/aromatic N) is 4. The van der Waals surface area contributed by atoms with Crippen LogP contribution in [0.25, 0.3) is 11.4 Å². The summed E-state index contributed by atoms with van der Waals surface area (Å²) in [6.45, 7) is 2.73. The lowest BCUT2D eigenvalue weighted by molar-refractivity contribution is 0.0697. The highest BCUT2D eigenvalue weighted by Crippen LogP contribution is 2.21. The number of carboxylic acids is 1. The minimum atomic E-state index is -0.969. The van der Waals surface area contributed by atoms with E-state index < -0.39 is 5.97 Å². The lowest BCUT2D eigenvalue weighted by Gasteiger charge is -1.99. The van der Waals surface area contributed by atoms with Crippen LogP contribution in [-0.2, 0) is 13.6 Å². The van der Waals surface area contributed by atoms with Gasteiger partial charge in [0.15, 0.2) is 0 Å². The normalized spacial score (nSPS) is 10.7. The van der Waals surface area contributed by atoms with E-state index in [9.17, 15) is 4.79 Å². The minimum absolute atomic E-state index is 0.210. The minimum Gasteiger partial charge on any atom is -0.478 e. The van der Waals surface area contributed by atoms with Gasteiger partial charge >= 0.3 is 5.97 Å². The van der Waals surface area contributed by atoms with Crippen LogP contribution in [-0.4, -0.2) is 30.6 Å². The Labute approximate surface area is 98.5 Å². The number of aromatic nitrogens is 4. The topological polar surface area (TPSA) is 72.9 Å². The van der Waals surface area contributed by atoms with Crippen molar-refractivity contribution >= 4 is 5.97 Å². The average molecular weight is 234 g/mol. The molecule has 2 aromatic rings. The van der Waals surface area contributed by atoms with Crippen LogP contribution in [0.15, 0.2) is 18.5 Å². The van der Waals surface area contributed by atoms with Crippen LogP contribution in [0, 0.1) is 0 Å². The second kappa shape index (κ2) is 4.40. The van der Waals surface area contributed by atoms with Gasteiger partial charge in [-0.15, -0.1) is 0 Å². The fourth-order valence-electron chi connectivity index (χ4n) is 1.72. The van der Waals surface area contributed by atoms with Crippen molar-refractivity contribution in [3.8, 4) is 11.4 Å².